The van der Waals surface area contributed by atoms with E-state index >= 15 is 0 Å². The van der Waals surface area contributed by atoms with Gasteiger partial charge < -0.3 is 5.32 Å². The molecular formula is C12H16N4. The Kier molecular flexibility index (Phi) is 3.31. The van der Waals surface area contributed by atoms with Crippen LogP contribution in [0.15, 0.2) is 37.1 Å². The zero-order valence-electron chi connectivity index (χ0n) is 9.59. The van der Waals surface area contributed by atoms with Crippen LogP contribution in [0.4, 0.5) is 0 Å². The molecule has 16 heavy (non-hydrogen) atoms. The number of nitrogens with zero attached hydrogens (tertiary/aromatic N) is 3. The summed E-state index contributed by atoms with van der Waals surface area (Å²) in [5.41, 5.74) is 1.20. The van der Waals surface area contributed by atoms with Crippen molar-refractivity contribution in [3.63, 3.8) is 0 Å². The lowest BCUT2D eigenvalue weighted by molar-refractivity contribution is 0.596. The fourth-order valence-corrected chi connectivity index (χ4v) is 1.63. The van der Waals surface area contributed by atoms with Gasteiger partial charge in [0.15, 0.2) is 0 Å². The van der Waals surface area contributed by atoms with Crippen LogP contribution in [0.5, 0.6) is 0 Å². The summed E-state index contributed by atoms with van der Waals surface area (Å²) >= 11 is 0. The Bertz CT molecular complexity index is 419. The summed E-state index contributed by atoms with van der Waals surface area (Å²) in [4.78, 5) is 8.40. The molecule has 0 radical (unpaired) electrons. The van der Waals surface area contributed by atoms with Crippen LogP contribution in [-0.2, 0) is 0 Å². The zero-order chi connectivity index (χ0) is 11.4. The highest BCUT2D eigenvalue weighted by atomic mass is 15.1. The van der Waals surface area contributed by atoms with E-state index in [1.54, 1.807) is 12.5 Å². The number of pyridine rings is 1. The second-order valence-corrected chi connectivity index (χ2v) is 3.70. The fraction of sp³-hybridized carbons (Fsp3) is 0.333. The van der Waals surface area contributed by atoms with Crippen molar-refractivity contribution < 1.29 is 0 Å². The van der Waals surface area contributed by atoms with E-state index in [-0.39, 0.29) is 0 Å². The molecule has 0 saturated carbocycles. The molecule has 84 valence electrons. The van der Waals surface area contributed by atoms with Crippen LogP contribution in [0.25, 0.3) is 5.82 Å². The molecule has 1 unspecified atom stereocenters. The molecule has 2 heterocycles. The van der Waals surface area contributed by atoms with Crippen molar-refractivity contribution in [1.82, 2.24) is 19.9 Å². The molecule has 4 nitrogen and oxygen atoms in total. The van der Waals surface area contributed by atoms with Gasteiger partial charge in [0.05, 0.1) is 0 Å². The van der Waals surface area contributed by atoms with E-state index in [0.717, 1.165) is 12.4 Å². The van der Waals surface area contributed by atoms with Gasteiger partial charge in [-0.15, -0.1) is 0 Å². The molecule has 1 N–H and O–H groups in total. The topological polar surface area (TPSA) is 42.7 Å². The van der Waals surface area contributed by atoms with Gasteiger partial charge in [-0.3, -0.25) is 4.57 Å². The highest BCUT2D eigenvalue weighted by Crippen LogP contribution is 2.12. The molecule has 0 saturated heterocycles. The number of hydrogen-bond acceptors (Lipinski definition) is 3. The number of rotatable bonds is 4. The van der Waals surface area contributed by atoms with E-state index in [9.17, 15) is 0 Å². The quantitative estimate of drug-likeness (QED) is 0.849. The summed E-state index contributed by atoms with van der Waals surface area (Å²) in [6, 6.07) is 4.44. The van der Waals surface area contributed by atoms with E-state index in [4.69, 9.17) is 0 Å². The van der Waals surface area contributed by atoms with Crippen LogP contribution in [0, 0.1) is 0 Å². The molecule has 0 aliphatic rings. The Balaban J connectivity index is 2.16. The van der Waals surface area contributed by atoms with Crippen LogP contribution in [0.3, 0.4) is 0 Å². The third-order valence-electron chi connectivity index (χ3n) is 2.55. The Hall–Kier alpha value is -1.68. The Morgan fingerprint density at radius 3 is 2.88 bits per heavy atom. The van der Waals surface area contributed by atoms with Gasteiger partial charge in [0.2, 0.25) is 0 Å². The van der Waals surface area contributed by atoms with Gasteiger partial charge in [0.1, 0.15) is 12.1 Å². The van der Waals surface area contributed by atoms with Crippen LogP contribution in [-0.4, -0.2) is 21.1 Å². The van der Waals surface area contributed by atoms with E-state index < -0.39 is 0 Å². The maximum Gasteiger partial charge on any atom is 0.137 e. The second kappa shape index (κ2) is 4.90. The molecule has 0 amide bonds. The van der Waals surface area contributed by atoms with Gasteiger partial charge in [-0.1, -0.05) is 13.0 Å². The van der Waals surface area contributed by atoms with Crippen molar-refractivity contribution in [3.8, 4) is 5.82 Å². The number of imidazole rings is 1. The molecule has 0 aliphatic heterocycles. The van der Waals surface area contributed by atoms with Gasteiger partial charge in [-0.2, -0.15) is 0 Å². The molecule has 1 atom stereocenters. The summed E-state index contributed by atoms with van der Waals surface area (Å²) in [5, 5.41) is 3.36. The average molecular weight is 216 g/mol. The number of nitrogens with one attached hydrogen (secondary N) is 1. The molecular weight excluding hydrogens is 200 g/mol. The second-order valence-electron chi connectivity index (χ2n) is 3.70. The van der Waals surface area contributed by atoms with Crippen molar-refractivity contribution in [3.05, 3.63) is 42.6 Å². The predicted molar refractivity (Wildman–Crippen MR) is 63.5 cm³/mol. The first-order valence-electron chi connectivity index (χ1n) is 5.49. The smallest absolute Gasteiger partial charge is 0.137 e. The fourth-order valence-electron chi connectivity index (χ4n) is 1.63. The normalized spacial score (nSPS) is 12.6. The molecule has 0 spiro atoms. The van der Waals surface area contributed by atoms with Gasteiger partial charge in [-0.25, -0.2) is 9.97 Å². The maximum absolute atomic E-state index is 4.41. The third kappa shape index (κ3) is 2.28. The standard InChI is InChI=1S/C12H16N4/c1-3-14-10(2)11-4-5-12(15-8-11)16-7-6-13-9-16/h4-10,14H,3H2,1-2H3. The SMILES string of the molecule is CCNC(C)c1ccc(-n2ccnc2)nc1. The van der Waals surface area contributed by atoms with Crippen LogP contribution < -0.4 is 5.32 Å². The summed E-state index contributed by atoms with van der Waals surface area (Å²) in [5.74, 6) is 0.893. The van der Waals surface area contributed by atoms with Crippen molar-refractivity contribution in [2.45, 2.75) is 19.9 Å². The number of hydrogen-bond donors (Lipinski definition) is 1. The minimum absolute atomic E-state index is 0.342. The highest BCUT2D eigenvalue weighted by Gasteiger charge is 2.04. The lowest BCUT2D eigenvalue weighted by Gasteiger charge is -2.12. The summed E-state index contributed by atoms with van der Waals surface area (Å²) in [6.07, 6.45) is 7.28. The van der Waals surface area contributed by atoms with E-state index in [1.165, 1.54) is 5.56 Å². The number of aromatic nitrogens is 3. The van der Waals surface area contributed by atoms with E-state index in [1.807, 2.05) is 23.0 Å². The molecule has 0 fully saturated rings. The van der Waals surface area contributed by atoms with Gasteiger partial charge in [0.25, 0.3) is 0 Å². The summed E-state index contributed by atoms with van der Waals surface area (Å²) < 4.78 is 1.89. The molecule has 4 heteroatoms. The molecule has 0 aromatic carbocycles. The largest absolute Gasteiger partial charge is 0.310 e. The Morgan fingerprint density at radius 2 is 2.31 bits per heavy atom. The molecule has 0 bridgehead atoms. The molecule has 2 rings (SSSR count). The molecule has 2 aromatic heterocycles. The van der Waals surface area contributed by atoms with Crippen molar-refractivity contribution >= 4 is 0 Å². The summed E-state index contributed by atoms with van der Waals surface area (Å²) in [6.45, 7) is 5.20. The molecule has 0 aliphatic carbocycles. The minimum Gasteiger partial charge on any atom is -0.310 e. The lowest BCUT2D eigenvalue weighted by Crippen LogP contribution is -2.17. The first kappa shape index (κ1) is 10.8. The third-order valence-corrected chi connectivity index (χ3v) is 2.55. The zero-order valence-corrected chi connectivity index (χ0v) is 9.59. The van der Waals surface area contributed by atoms with Gasteiger partial charge >= 0.3 is 0 Å². The summed E-state index contributed by atoms with van der Waals surface area (Å²) in [7, 11) is 0. The van der Waals surface area contributed by atoms with Gasteiger partial charge in [-0.05, 0) is 25.1 Å². The first-order valence-corrected chi connectivity index (χ1v) is 5.49. The van der Waals surface area contributed by atoms with Crippen LogP contribution in [0.1, 0.15) is 25.5 Å². The molecule has 2 aromatic rings. The van der Waals surface area contributed by atoms with E-state index in [2.05, 4.69) is 35.2 Å². The lowest BCUT2D eigenvalue weighted by atomic mass is 10.1. The van der Waals surface area contributed by atoms with Crippen LogP contribution >= 0.6 is 0 Å². The van der Waals surface area contributed by atoms with Gasteiger partial charge in [0, 0.05) is 24.6 Å². The van der Waals surface area contributed by atoms with Crippen molar-refractivity contribution in [1.29, 1.82) is 0 Å². The monoisotopic (exact) mass is 216 g/mol. The minimum atomic E-state index is 0.342. The first-order chi connectivity index (χ1) is 7.81. The Labute approximate surface area is 95.4 Å². The van der Waals surface area contributed by atoms with Crippen molar-refractivity contribution in [2.24, 2.45) is 0 Å². The average Bonchev–Trinajstić information content (AvgIpc) is 2.83. The predicted octanol–water partition coefficient (Wildman–Crippen LogP) is 1.94. The highest BCUT2D eigenvalue weighted by molar-refractivity contribution is 5.26. The Morgan fingerprint density at radius 1 is 1.44 bits per heavy atom. The maximum atomic E-state index is 4.41. The van der Waals surface area contributed by atoms with E-state index in [0.29, 0.717) is 6.04 Å². The van der Waals surface area contributed by atoms with Crippen LogP contribution in [0.2, 0.25) is 0 Å². The van der Waals surface area contributed by atoms with Crippen molar-refractivity contribution in [2.75, 3.05) is 6.54 Å².